The molecule has 0 aromatic heterocycles. The second-order valence-corrected chi connectivity index (χ2v) is 7.08. The average molecular weight is 268 g/mol. The van der Waals surface area contributed by atoms with Crippen LogP contribution in [0.5, 0.6) is 0 Å². The molecule has 0 saturated carbocycles. The molecule has 0 aromatic carbocycles. The summed E-state index contributed by atoms with van der Waals surface area (Å²) in [5, 5.41) is 0. The summed E-state index contributed by atoms with van der Waals surface area (Å²) < 4.78 is 25.9. The number of nitrogens with two attached hydrogens (primary N) is 1. The van der Waals surface area contributed by atoms with E-state index in [1.54, 1.807) is 11.8 Å². The summed E-state index contributed by atoms with van der Waals surface area (Å²) in [4.78, 5) is 0. The molecule has 0 atom stereocenters. The molecule has 0 amide bonds. The van der Waals surface area contributed by atoms with Gasteiger partial charge in [0.2, 0.25) is 10.0 Å². The third-order valence-electron chi connectivity index (χ3n) is 2.95. The molecule has 0 bridgehead atoms. The van der Waals surface area contributed by atoms with Crippen LogP contribution in [0, 0.1) is 0 Å². The minimum Gasteiger partial charge on any atom is -0.330 e. The highest BCUT2D eigenvalue weighted by molar-refractivity contribution is 8.00. The molecule has 0 radical (unpaired) electrons. The lowest BCUT2D eigenvalue weighted by atomic mass is 10.0. The van der Waals surface area contributed by atoms with Crippen LogP contribution < -0.4 is 10.5 Å². The van der Waals surface area contributed by atoms with Crippen molar-refractivity contribution < 1.29 is 8.42 Å². The van der Waals surface area contributed by atoms with Crippen molar-refractivity contribution in [3.05, 3.63) is 0 Å². The van der Waals surface area contributed by atoms with E-state index in [4.69, 9.17) is 5.73 Å². The Morgan fingerprint density at radius 1 is 1.31 bits per heavy atom. The van der Waals surface area contributed by atoms with E-state index in [0.717, 1.165) is 12.8 Å². The first-order valence-corrected chi connectivity index (χ1v) is 8.55. The van der Waals surface area contributed by atoms with Crippen molar-refractivity contribution in [2.45, 2.75) is 37.9 Å². The lowest BCUT2D eigenvalue weighted by Gasteiger charge is -2.29. The van der Waals surface area contributed by atoms with Gasteiger partial charge in [-0.15, -0.1) is 0 Å². The monoisotopic (exact) mass is 268 g/mol. The molecule has 0 rings (SSSR count). The van der Waals surface area contributed by atoms with Gasteiger partial charge in [-0.3, -0.25) is 0 Å². The summed E-state index contributed by atoms with van der Waals surface area (Å²) in [6, 6.07) is 0. The van der Waals surface area contributed by atoms with Gasteiger partial charge < -0.3 is 5.73 Å². The van der Waals surface area contributed by atoms with Crippen molar-refractivity contribution >= 4 is 21.8 Å². The van der Waals surface area contributed by atoms with E-state index in [9.17, 15) is 8.42 Å². The normalized spacial score (nSPS) is 13.0. The van der Waals surface area contributed by atoms with Crippen LogP contribution in [0.1, 0.15) is 33.1 Å². The molecule has 4 nitrogen and oxygen atoms in total. The van der Waals surface area contributed by atoms with Crippen molar-refractivity contribution in [3.63, 3.8) is 0 Å². The third-order valence-corrected chi connectivity index (χ3v) is 5.95. The predicted molar refractivity (Wildman–Crippen MR) is 72.3 cm³/mol. The zero-order valence-electron chi connectivity index (χ0n) is 10.5. The molecule has 0 saturated heterocycles. The second-order valence-electron chi connectivity index (χ2n) is 3.88. The number of hydrogen-bond donors (Lipinski definition) is 2. The lowest BCUT2D eigenvalue weighted by molar-refractivity contribution is 0.521. The molecule has 0 aromatic rings. The Bertz CT molecular complexity index is 266. The standard InChI is InChI=1S/C10H24N2O2S2/c1-4-10(5-2,15-3)9-12-16(13,14)8-6-7-11/h12H,4-9,11H2,1-3H3. The van der Waals surface area contributed by atoms with E-state index in [0.29, 0.717) is 19.5 Å². The van der Waals surface area contributed by atoms with Gasteiger partial charge in [-0.2, -0.15) is 11.8 Å². The molecule has 0 aliphatic carbocycles. The Morgan fingerprint density at radius 3 is 2.25 bits per heavy atom. The van der Waals surface area contributed by atoms with Gasteiger partial charge in [0.1, 0.15) is 0 Å². The highest BCUT2D eigenvalue weighted by Gasteiger charge is 2.26. The van der Waals surface area contributed by atoms with Gasteiger partial charge in [0.15, 0.2) is 0 Å². The summed E-state index contributed by atoms with van der Waals surface area (Å²) in [5.41, 5.74) is 5.30. The Labute approximate surface area is 104 Å². The molecule has 0 aliphatic heterocycles. The fraction of sp³-hybridized carbons (Fsp3) is 1.00. The first-order valence-electron chi connectivity index (χ1n) is 5.68. The molecule has 6 heteroatoms. The minimum absolute atomic E-state index is 0.0236. The van der Waals surface area contributed by atoms with E-state index in [-0.39, 0.29) is 10.5 Å². The van der Waals surface area contributed by atoms with E-state index >= 15 is 0 Å². The largest absolute Gasteiger partial charge is 0.330 e. The number of sulfonamides is 1. The summed E-state index contributed by atoms with van der Waals surface area (Å²) >= 11 is 1.73. The first-order chi connectivity index (χ1) is 7.45. The Balaban J connectivity index is 4.30. The van der Waals surface area contributed by atoms with Crippen molar-refractivity contribution in [1.29, 1.82) is 0 Å². The molecule has 0 heterocycles. The first kappa shape index (κ1) is 16.2. The fourth-order valence-corrected chi connectivity index (χ4v) is 3.52. The van der Waals surface area contributed by atoms with Crippen LogP contribution in [0.25, 0.3) is 0 Å². The summed E-state index contributed by atoms with van der Waals surface area (Å²) in [7, 11) is -3.15. The predicted octanol–water partition coefficient (Wildman–Crippen LogP) is 1.18. The van der Waals surface area contributed by atoms with Crippen LogP contribution in [0.15, 0.2) is 0 Å². The van der Waals surface area contributed by atoms with E-state index < -0.39 is 10.0 Å². The highest BCUT2D eigenvalue weighted by Crippen LogP contribution is 2.29. The molecule has 0 aliphatic rings. The zero-order valence-corrected chi connectivity index (χ0v) is 12.1. The van der Waals surface area contributed by atoms with Gasteiger partial charge in [-0.25, -0.2) is 13.1 Å². The maximum absolute atomic E-state index is 11.6. The molecular weight excluding hydrogens is 244 g/mol. The summed E-state index contributed by atoms with van der Waals surface area (Å²) in [6.07, 6.45) is 4.47. The fourth-order valence-electron chi connectivity index (χ4n) is 1.45. The van der Waals surface area contributed by atoms with Gasteiger partial charge >= 0.3 is 0 Å². The van der Waals surface area contributed by atoms with Gasteiger partial charge in [0.05, 0.1) is 5.75 Å². The molecule has 0 unspecified atom stereocenters. The molecule has 16 heavy (non-hydrogen) atoms. The van der Waals surface area contributed by atoms with Crippen molar-refractivity contribution in [1.82, 2.24) is 4.72 Å². The van der Waals surface area contributed by atoms with Gasteiger partial charge in [0.25, 0.3) is 0 Å². The van der Waals surface area contributed by atoms with Crippen LogP contribution in [0.3, 0.4) is 0 Å². The smallest absolute Gasteiger partial charge is 0.211 e. The Hall–Kier alpha value is 0.220. The number of hydrogen-bond acceptors (Lipinski definition) is 4. The molecule has 0 fully saturated rings. The highest BCUT2D eigenvalue weighted by atomic mass is 32.2. The average Bonchev–Trinajstić information content (AvgIpc) is 2.29. The van der Waals surface area contributed by atoms with E-state index in [1.807, 2.05) is 6.26 Å². The quantitative estimate of drug-likeness (QED) is 0.658. The van der Waals surface area contributed by atoms with Crippen LogP contribution >= 0.6 is 11.8 Å². The van der Waals surface area contributed by atoms with Crippen LogP contribution in [0.2, 0.25) is 0 Å². The van der Waals surface area contributed by atoms with Crippen molar-refractivity contribution in [2.75, 3.05) is 25.1 Å². The lowest BCUT2D eigenvalue weighted by Crippen LogP contribution is -2.40. The summed E-state index contributed by atoms with van der Waals surface area (Å²) in [6.45, 7) is 5.10. The van der Waals surface area contributed by atoms with E-state index in [1.165, 1.54) is 0 Å². The second kappa shape index (κ2) is 7.53. The van der Waals surface area contributed by atoms with Gasteiger partial charge in [-0.05, 0) is 32.1 Å². The van der Waals surface area contributed by atoms with Gasteiger partial charge in [0, 0.05) is 11.3 Å². The SMILES string of the molecule is CCC(CC)(CNS(=O)(=O)CCCN)SC. The van der Waals surface area contributed by atoms with Crippen molar-refractivity contribution in [3.8, 4) is 0 Å². The van der Waals surface area contributed by atoms with Gasteiger partial charge in [-0.1, -0.05) is 13.8 Å². The van der Waals surface area contributed by atoms with Crippen LogP contribution in [0.4, 0.5) is 0 Å². The topological polar surface area (TPSA) is 72.2 Å². The maximum Gasteiger partial charge on any atom is 0.211 e. The van der Waals surface area contributed by atoms with Crippen LogP contribution in [-0.4, -0.2) is 38.3 Å². The minimum atomic E-state index is -3.15. The van der Waals surface area contributed by atoms with Crippen molar-refractivity contribution in [2.24, 2.45) is 5.73 Å². The van der Waals surface area contributed by atoms with Crippen LogP contribution in [-0.2, 0) is 10.0 Å². The summed E-state index contributed by atoms with van der Waals surface area (Å²) in [5.74, 6) is 0.126. The number of nitrogens with one attached hydrogen (secondary N) is 1. The third kappa shape index (κ3) is 5.52. The molecule has 3 N–H and O–H groups in total. The Morgan fingerprint density at radius 2 is 1.88 bits per heavy atom. The number of rotatable bonds is 9. The van der Waals surface area contributed by atoms with E-state index in [2.05, 4.69) is 18.6 Å². The zero-order chi connectivity index (χ0) is 12.7. The maximum atomic E-state index is 11.6. The Kier molecular flexibility index (Phi) is 7.63. The number of thioether (sulfide) groups is 1. The molecular formula is C10H24N2O2S2. The molecule has 0 spiro atoms. The molecule has 98 valence electrons.